The largest absolute Gasteiger partial charge is 0.294 e. The Morgan fingerprint density at radius 2 is 1.92 bits per heavy atom. The summed E-state index contributed by atoms with van der Waals surface area (Å²) in [5, 5.41) is 0. The van der Waals surface area contributed by atoms with E-state index in [0.29, 0.717) is 5.78 Å². The Morgan fingerprint density at radius 3 is 2.25 bits per heavy atom. The molecule has 66 valence electrons. The molecule has 0 unspecified atom stereocenters. The third-order valence-electron chi connectivity index (χ3n) is 3.37. The zero-order valence-corrected chi connectivity index (χ0v) is 7.94. The van der Waals surface area contributed by atoms with Crippen LogP contribution in [0.4, 0.5) is 0 Å². The van der Waals surface area contributed by atoms with Crippen LogP contribution in [-0.2, 0) is 4.79 Å². The third-order valence-corrected chi connectivity index (χ3v) is 3.37. The average Bonchev–Trinajstić information content (AvgIpc) is 2.78. The summed E-state index contributed by atoms with van der Waals surface area (Å²) in [6, 6.07) is 0. The second-order valence-electron chi connectivity index (χ2n) is 4.08. The van der Waals surface area contributed by atoms with Crippen molar-refractivity contribution in [2.45, 2.75) is 46.0 Å². The maximum atomic E-state index is 11.8. The monoisotopic (exact) mass is 164 g/mol. The van der Waals surface area contributed by atoms with Gasteiger partial charge in [0.05, 0.1) is 0 Å². The van der Waals surface area contributed by atoms with Gasteiger partial charge < -0.3 is 0 Å². The summed E-state index contributed by atoms with van der Waals surface area (Å²) >= 11 is 0. The van der Waals surface area contributed by atoms with Gasteiger partial charge in [0.15, 0.2) is 5.78 Å². The molecule has 0 aromatic rings. The van der Waals surface area contributed by atoms with Crippen LogP contribution in [0, 0.1) is 5.41 Å². The first-order valence-corrected chi connectivity index (χ1v) is 4.99. The van der Waals surface area contributed by atoms with E-state index < -0.39 is 0 Å². The minimum Gasteiger partial charge on any atom is -0.294 e. The topological polar surface area (TPSA) is 17.1 Å². The number of allylic oxidation sites excluding steroid dienone is 2. The van der Waals surface area contributed by atoms with Gasteiger partial charge in [-0.15, -0.1) is 0 Å². The lowest BCUT2D eigenvalue weighted by Crippen LogP contribution is -2.09. The molecular weight excluding hydrogens is 148 g/mol. The van der Waals surface area contributed by atoms with Gasteiger partial charge in [-0.25, -0.2) is 0 Å². The van der Waals surface area contributed by atoms with Crippen LogP contribution in [0.3, 0.4) is 0 Å². The summed E-state index contributed by atoms with van der Waals surface area (Å²) < 4.78 is 0. The maximum Gasteiger partial charge on any atom is 0.165 e. The Hall–Kier alpha value is -0.590. The SMILES string of the molecule is CCC1=C(CC)C(=O)C2(CC2)C1. The molecule has 1 fully saturated rings. The zero-order valence-electron chi connectivity index (χ0n) is 7.94. The van der Waals surface area contributed by atoms with Crippen molar-refractivity contribution in [1.29, 1.82) is 0 Å². The van der Waals surface area contributed by atoms with E-state index in [1.54, 1.807) is 0 Å². The molecular formula is C11H16O. The van der Waals surface area contributed by atoms with Crippen LogP contribution in [0.15, 0.2) is 11.1 Å². The van der Waals surface area contributed by atoms with Crippen molar-refractivity contribution in [3.8, 4) is 0 Å². The summed E-state index contributed by atoms with van der Waals surface area (Å²) in [5.74, 6) is 0.488. The average molecular weight is 164 g/mol. The molecule has 0 atom stereocenters. The van der Waals surface area contributed by atoms with Crippen molar-refractivity contribution < 1.29 is 4.79 Å². The van der Waals surface area contributed by atoms with E-state index in [2.05, 4.69) is 13.8 Å². The van der Waals surface area contributed by atoms with Gasteiger partial charge in [0.2, 0.25) is 0 Å². The smallest absolute Gasteiger partial charge is 0.165 e. The second kappa shape index (κ2) is 2.45. The third kappa shape index (κ3) is 0.886. The normalized spacial score (nSPS) is 25.7. The Labute approximate surface area is 73.8 Å². The molecule has 1 heteroatoms. The Balaban J connectivity index is 2.29. The Morgan fingerprint density at radius 1 is 1.25 bits per heavy atom. The zero-order chi connectivity index (χ0) is 8.77. The quantitative estimate of drug-likeness (QED) is 0.613. The van der Waals surface area contributed by atoms with Crippen molar-refractivity contribution in [1.82, 2.24) is 0 Å². The predicted octanol–water partition coefficient (Wildman–Crippen LogP) is 2.86. The number of carbonyl (C=O) groups excluding carboxylic acids is 1. The summed E-state index contributed by atoms with van der Waals surface area (Å²) in [5.41, 5.74) is 2.74. The molecule has 0 amide bonds. The number of Topliss-reactive ketones (excluding diaryl/α,β-unsaturated/α-hetero) is 1. The van der Waals surface area contributed by atoms with E-state index in [1.807, 2.05) is 0 Å². The molecule has 0 N–H and O–H groups in total. The van der Waals surface area contributed by atoms with Crippen molar-refractivity contribution in [2.75, 3.05) is 0 Å². The van der Waals surface area contributed by atoms with Crippen molar-refractivity contribution in [3.05, 3.63) is 11.1 Å². The Bertz CT molecular complexity index is 256. The highest BCUT2D eigenvalue weighted by atomic mass is 16.1. The highest BCUT2D eigenvalue weighted by molar-refractivity contribution is 6.05. The molecule has 0 aliphatic heterocycles. The lowest BCUT2D eigenvalue weighted by Gasteiger charge is -2.02. The number of hydrogen-bond donors (Lipinski definition) is 0. The van der Waals surface area contributed by atoms with Crippen LogP contribution >= 0.6 is 0 Å². The van der Waals surface area contributed by atoms with Crippen LogP contribution in [-0.4, -0.2) is 5.78 Å². The van der Waals surface area contributed by atoms with Crippen molar-refractivity contribution in [3.63, 3.8) is 0 Å². The summed E-state index contributed by atoms with van der Waals surface area (Å²) in [6.07, 6.45) is 5.42. The molecule has 0 saturated heterocycles. The van der Waals surface area contributed by atoms with E-state index in [4.69, 9.17) is 0 Å². The number of hydrogen-bond acceptors (Lipinski definition) is 1. The number of ketones is 1. The molecule has 0 aromatic carbocycles. The van der Waals surface area contributed by atoms with Crippen LogP contribution in [0.1, 0.15) is 46.0 Å². The molecule has 0 radical (unpaired) electrons. The molecule has 1 saturated carbocycles. The fourth-order valence-corrected chi connectivity index (χ4v) is 2.38. The summed E-state index contributed by atoms with van der Waals surface area (Å²) in [6.45, 7) is 4.27. The molecule has 2 aliphatic carbocycles. The van der Waals surface area contributed by atoms with E-state index in [9.17, 15) is 4.79 Å². The highest BCUT2D eigenvalue weighted by Gasteiger charge is 2.54. The van der Waals surface area contributed by atoms with E-state index in [1.165, 1.54) is 5.57 Å². The molecule has 12 heavy (non-hydrogen) atoms. The Kier molecular flexibility index (Phi) is 1.64. The van der Waals surface area contributed by atoms with Gasteiger partial charge in [0, 0.05) is 5.41 Å². The molecule has 0 aromatic heterocycles. The minimum absolute atomic E-state index is 0.136. The van der Waals surface area contributed by atoms with Gasteiger partial charge >= 0.3 is 0 Å². The number of rotatable bonds is 2. The van der Waals surface area contributed by atoms with E-state index >= 15 is 0 Å². The van der Waals surface area contributed by atoms with Gasteiger partial charge in [-0.05, 0) is 37.7 Å². The van der Waals surface area contributed by atoms with E-state index in [0.717, 1.165) is 37.7 Å². The van der Waals surface area contributed by atoms with Gasteiger partial charge in [0.25, 0.3) is 0 Å². The fourth-order valence-electron chi connectivity index (χ4n) is 2.38. The fraction of sp³-hybridized carbons (Fsp3) is 0.727. The van der Waals surface area contributed by atoms with Crippen molar-refractivity contribution >= 4 is 5.78 Å². The van der Waals surface area contributed by atoms with Gasteiger partial charge in [-0.3, -0.25) is 4.79 Å². The predicted molar refractivity (Wildman–Crippen MR) is 48.9 cm³/mol. The van der Waals surface area contributed by atoms with E-state index in [-0.39, 0.29) is 5.41 Å². The number of carbonyl (C=O) groups is 1. The molecule has 2 rings (SSSR count). The highest BCUT2D eigenvalue weighted by Crippen LogP contribution is 2.58. The van der Waals surface area contributed by atoms with Crippen LogP contribution < -0.4 is 0 Å². The van der Waals surface area contributed by atoms with Gasteiger partial charge in [-0.2, -0.15) is 0 Å². The van der Waals surface area contributed by atoms with Crippen LogP contribution in [0.25, 0.3) is 0 Å². The minimum atomic E-state index is 0.136. The molecule has 1 spiro atoms. The first-order valence-electron chi connectivity index (χ1n) is 4.99. The second-order valence-corrected chi connectivity index (χ2v) is 4.08. The molecule has 1 nitrogen and oxygen atoms in total. The maximum absolute atomic E-state index is 11.8. The lowest BCUT2D eigenvalue weighted by molar-refractivity contribution is -0.119. The standard InChI is InChI=1S/C11H16O/c1-3-8-7-11(5-6-11)10(12)9(8)4-2/h3-7H2,1-2H3. The molecule has 2 aliphatic rings. The van der Waals surface area contributed by atoms with Crippen LogP contribution in [0.5, 0.6) is 0 Å². The first kappa shape index (κ1) is 8.03. The lowest BCUT2D eigenvalue weighted by atomic mass is 10.00. The van der Waals surface area contributed by atoms with Crippen LogP contribution in [0.2, 0.25) is 0 Å². The van der Waals surface area contributed by atoms with Gasteiger partial charge in [0.1, 0.15) is 0 Å². The molecule has 0 heterocycles. The van der Waals surface area contributed by atoms with Gasteiger partial charge in [-0.1, -0.05) is 19.4 Å². The summed E-state index contributed by atoms with van der Waals surface area (Å²) in [7, 11) is 0. The first-order chi connectivity index (χ1) is 5.73. The molecule has 0 bridgehead atoms. The summed E-state index contributed by atoms with van der Waals surface area (Å²) in [4.78, 5) is 11.8. The van der Waals surface area contributed by atoms with Crippen molar-refractivity contribution in [2.24, 2.45) is 5.41 Å².